The molecule has 4 aliphatic heterocycles. The summed E-state index contributed by atoms with van der Waals surface area (Å²) >= 11 is 0. The van der Waals surface area contributed by atoms with Gasteiger partial charge >= 0.3 is 0 Å². The van der Waals surface area contributed by atoms with Crippen LogP contribution in [0.4, 0.5) is 5.95 Å². The number of nitrogens with zero attached hydrogens (tertiary/aromatic N) is 5. The van der Waals surface area contributed by atoms with Crippen LogP contribution in [0, 0.1) is 0 Å². The third kappa shape index (κ3) is 2.61. The predicted molar refractivity (Wildman–Crippen MR) is 102 cm³/mol. The van der Waals surface area contributed by atoms with E-state index in [2.05, 4.69) is 25.1 Å². The third-order valence-electron chi connectivity index (χ3n) is 7.03. The Labute approximate surface area is 158 Å². The number of anilines is 1. The van der Waals surface area contributed by atoms with E-state index in [1.165, 1.54) is 51.6 Å². The van der Waals surface area contributed by atoms with Gasteiger partial charge in [-0.25, -0.2) is 4.98 Å². The number of H-pyrrole nitrogens is 1. The maximum atomic E-state index is 6.36. The van der Waals surface area contributed by atoms with Gasteiger partial charge in [-0.2, -0.15) is 9.97 Å². The van der Waals surface area contributed by atoms with Crippen molar-refractivity contribution >= 4 is 17.1 Å². The van der Waals surface area contributed by atoms with Crippen LogP contribution in [0.1, 0.15) is 38.5 Å². The average molecular weight is 369 g/mol. The SMILES string of the molecule is c1nc2nc(N3CC4CCC(C3)N4)nc(OCC34CCCN3CCC4)c2[nH]1. The molecule has 6 rings (SSSR count). The zero-order chi connectivity index (χ0) is 17.8. The first-order valence-corrected chi connectivity index (χ1v) is 10.4. The number of hydrogen-bond donors (Lipinski definition) is 2. The molecule has 0 amide bonds. The quantitative estimate of drug-likeness (QED) is 0.841. The fourth-order valence-corrected chi connectivity index (χ4v) is 5.67. The molecule has 2 atom stereocenters. The normalized spacial score (nSPS) is 29.6. The van der Waals surface area contributed by atoms with E-state index < -0.39 is 0 Å². The molecule has 0 aromatic carbocycles. The summed E-state index contributed by atoms with van der Waals surface area (Å²) in [7, 11) is 0. The Kier molecular flexibility index (Phi) is 3.59. The van der Waals surface area contributed by atoms with Crippen LogP contribution in [-0.4, -0.2) is 75.2 Å². The molecule has 6 heterocycles. The summed E-state index contributed by atoms with van der Waals surface area (Å²) in [4.78, 5) is 22.0. The van der Waals surface area contributed by atoms with Crippen molar-refractivity contribution in [1.29, 1.82) is 0 Å². The molecule has 0 spiro atoms. The number of hydrogen-bond acceptors (Lipinski definition) is 7. The van der Waals surface area contributed by atoms with Crippen LogP contribution in [0.3, 0.4) is 0 Å². The second kappa shape index (κ2) is 6.04. The molecule has 2 aromatic heterocycles. The van der Waals surface area contributed by atoms with Crippen molar-refractivity contribution in [2.45, 2.75) is 56.1 Å². The van der Waals surface area contributed by atoms with Crippen LogP contribution in [0.2, 0.25) is 0 Å². The predicted octanol–water partition coefficient (Wildman–Crippen LogP) is 1.30. The summed E-state index contributed by atoms with van der Waals surface area (Å²) in [6.07, 6.45) is 9.20. The lowest BCUT2D eigenvalue weighted by Crippen LogP contribution is -2.51. The molecule has 27 heavy (non-hydrogen) atoms. The second-order valence-corrected chi connectivity index (χ2v) is 8.68. The molecule has 2 unspecified atom stereocenters. The highest BCUT2D eigenvalue weighted by atomic mass is 16.5. The van der Waals surface area contributed by atoms with E-state index in [0.29, 0.717) is 30.2 Å². The summed E-state index contributed by atoms with van der Waals surface area (Å²) in [5.41, 5.74) is 1.73. The number of fused-ring (bicyclic) bond motifs is 4. The van der Waals surface area contributed by atoms with Gasteiger partial charge in [0.1, 0.15) is 12.1 Å². The Balaban J connectivity index is 1.29. The zero-order valence-electron chi connectivity index (χ0n) is 15.7. The summed E-state index contributed by atoms with van der Waals surface area (Å²) < 4.78 is 6.36. The van der Waals surface area contributed by atoms with Gasteiger partial charge in [-0.1, -0.05) is 0 Å². The summed E-state index contributed by atoms with van der Waals surface area (Å²) in [6, 6.07) is 1.10. The van der Waals surface area contributed by atoms with E-state index in [1.54, 1.807) is 6.33 Å². The van der Waals surface area contributed by atoms with Crippen LogP contribution in [0.15, 0.2) is 6.33 Å². The van der Waals surface area contributed by atoms with Gasteiger partial charge in [0, 0.05) is 25.2 Å². The maximum Gasteiger partial charge on any atom is 0.245 e. The highest BCUT2D eigenvalue weighted by Crippen LogP contribution is 2.39. The van der Waals surface area contributed by atoms with Gasteiger partial charge in [-0.3, -0.25) is 4.90 Å². The van der Waals surface area contributed by atoms with E-state index in [1.807, 2.05) is 0 Å². The monoisotopic (exact) mass is 369 g/mol. The van der Waals surface area contributed by atoms with Crippen LogP contribution in [-0.2, 0) is 0 Å². The molecule has 2 bridgehead atoms. The van der Waals surface area contributed by atoms with E-state index in [0.717, 1.165) is 24.6 Å². The first-order chi connectivity index (χ1) is 13.3. The van der Waals surface area contributed by atoms with Crippen LogP contribution >= 0.6 is 0 Å². The van der Waals surface area contributed by atoms with Crippen molar-refractivity contribution in [3.63, 3.8) is 0 Å². The number of piperazine rings is 1. The number of ether oxygens (including phenoxy) is 1. The van der Waals surface area contributed by atoms with E-state index in [9.17, 15) is 0 Å². The van der Waals surface area contributed by atoms with Gasteiger partial charge in [-0.05, 0) is 51.6 Å². The van der Waals surface area contributed by atoms with E-state index in [-0.39, 0.29) is 5.54 Å². The van der Waals surface area contributed by atoms with Crippen LogP contribution in [0.5, 0.6) is 5.88 Å². The standard InChI is InChI=1S/C19H27N7O/c1-5-19(6-2-8-26(19)7-1)11-27-17-15-16(21-12-20-15)23-18(24-17)25-9-13-3-4-14(10-25)22-13/h12-14,22H,1-11H2,(H,20,21,23,24). The molecule has 2 aromatic rings. The lowest BCUT2D eigenvalue weighted by Gasteiger charge is -2.33. The topological polar surface area (TPSA) is 82.2 Å². The van der Waals surface area contributed by atoms with Crippen molar-refractivity contribution in [3.8, 4) is 5.88 Å². The third-order valence-corrected chi connectivity index (χ3v) is 7.03. The van der Waals surface area contributed by atoms with Crippen molar-refractivity contribution in [1.82, 2.24) is 30.2 Å². The minimum absolute atomic E-state index is 0.214. The molecule has 4 fully saturated rings. The van der Waals surface area contributed by atoms with Gasteiger partial charge in [0.25, 0.3) is 0 Å². The Bertz CT molecular complexity index is 830. The number of aromatic amines is 1. The first-order valence-electron chi connectivity index (χ1n) is 10.4. The van der Waals surface area contributed by atoms with Crippen molar-refractivity contribution < 1.29 is 4.74 Å². The Morgan fingerprint density at radius 1 is 1.11 bits per heavy atom. The highest BCUT2D eigenvalue weighted by molar-refractivity contribution is 5.77. The number of nitrogens with one attached hydrogen (secondary N) is 2. The fraction of sp³-hybridized carbons (Fsp3) is 0.737. The number of imidazole rings is 1. The van der Waals surface area contributed by atoms with Crippen molar-refractivity contribution in [3.05, 3.63) is 6.33 Å². The van der Waals surface area contributed by atoms with Gasteiger partial charge in [0.2, 0.25) is 11.8 Å². The van der Waals surface area contributed by atoms with Crippen LogP contribution < -0.4 is 15.0 Å². The zero-order valence-corrected chi connectivity index (χ0v) is 15.7. The lowest BCUT2D eigenvalue weighted by molar-refractivity contribution is 0.111. The molecule has 0 radical (unpaired) electrons. The molecule has 0 saturated carbocycles. The molecule has 4 saturated heterocycles. The smallest absolute Gasteiger partial charge is 0.245 e. The Morgan fingerprint density at radius 3 is 2.67 bits per heavy atom. The minimum atomic E-state index is 0.214. The second-order valence-electron chi connectivity index (χ2n) is 8.68. The van der Waals surface area contributed by atoms with E-state index in [4.69, 9.17) is 14.7 Å². The van der Waals surface area contributed by atoms with Gasteiger partial charge in [0.05, 0.1) is 11.9 Å². The molecule has 0 aliphatic carbocycles. The largest absolute Gasteiger partial charge is 0.474 e. The Hall–Kier alpha value is -1.93. The molecular formula is C19H27N7O. The van der Waals surface area contributed by atoms with Crippen LogP contribution in [0.25, 0.3) is 11.2 Å². The highest BCUT2D eigenvalue weighted by Gasteiger charge is 2.45. The molecule has 144 valence electrons. The summed E-state index contributed by atoms with van der Waals surface area (Å²) in [6.45, 7) is 5.06. The number of aromatic nitrogens is 4. The molecule has 8 heteroatoms. The lowest BCUT2D eigenvalue weighted by atomic mass is 9.95. The van der Waals surface area contributed by atoms with Crippen molar-refractivity contribution in [2.75, 3.05) is 37.7 Å². The first kappa shape index (κ1) is 16.1. The molecular weight excluding hydrogens is 342 g/mol. The van der Waals surface area contributed by atoms with E-state index >= 15 is 0 Å². The molecule has 4 aliphatic rings. The average Bonchev–Trinajstić information content (AvgIpc) is 3.43. The fourth-order valence-electron chi connectivity index (χ4n) is 5.67. The van der Waals surface area contributed by atoms with Gasteiger partial charge in [-0.15, -0.1) is 0 Å². The van der Waals surface area contributed by atoms with Crippen molar-refractivity contribution in [2.24, 2.45) is 0 Å². The minimum Gasteiger partial charge on any atom is -0.474 e. The molecule has 2 N–H and O–H groups in total. The molecule has 8 nitrogen and oxygen atoms in total. The van der Waals surface area contributed by atoms with Gasteiger partial charge < -0.3 is 19.9 Å². The summed E-state index contributed by atoms with van der Waals surface area (Å²) in [5.74, 6) is 1.42. The van der Waals surface area contributed by atoms with Gasteiger partial charge in [0.15, 0.2) is 5.65 Å². The maximum absolute atomic E-state index is 6.36. The summed E-state index contributed by atoms with van der Waals surface area (Å²) in [5, 5.41) is 3.67. The Morgan fingerprint density at radius 2 is 1.89 bits per heavy atom. The number of rotatable bonds is 4.